The Morgan fingerprint density at radius 2 is 1.69 bits per heavy atom. The van der Waals surface area contributed by atoms with Crippen LogP contribution < -0.4 is 10.6 Å². The quantitative estimate of drug-likeness (QED) is 0.422. The van der Waals surface area contributed by atoms with Crippen molar-refractivity contribution < 1.29 is 4.79 Å². The normalized spacial score (nSPS) is 18.6. The molecule has 0 spiro atoms. The summed E-state index contributed by atoms with van der Waals surface area (Å²) in [4.78, 5) is 35.2. The van der Waals surface area contributed by atoms with Gasteiger partial charge >= 0.3 is 0 Å². The summed E-state index contributed by atoms with van der Waals surface area (Å²) in [5.41, 5.74) is 3.43. The minimum Gasteiger partial charge on any atom is -0.335 e. The SMILES string of the molecule is O=C(C1=NN(c2ccccc2)C(c2ccccc2)C1)N1CCN(Cc2cc(=O)n3ccsc3n2)CC1. The smallest absolute Gasteiger partial charge is 0.270 e. The lowest BCUT2D eigenvalue weighted by Crippen LogP contribution is -2.50. The number of thiazole rings is 1. The van der Waals surface area contributed by atoms with E-state index in [1.165, 1.54) is 11.3 Å². The number of piperazine rings is 1. The van der Waals surface area contributed by atoms with Crippen LogP contribution in [0.2, 0.25) is 0 Å². The van der Waals surface area contributed by atoms with Crippen LogP contribution >= 0.6 is 11.3 Å². The number of hydrazone groups is 1. The molecule has 2 aliphatic rings. The average Bonchev–Trinajstić information content (AvgIpc) is 3.58. The summed E-state index contributed by atoms with van der Waals surface area (Å²) in [5, 5.41) is 8.65. The zero-order chi connectivity index (χ0) is 24.5. The number of aromatic nitrogens is 2. The summed E-state index contributed by atoms with van der Waals surface area (Å²) in [6, 6.07) is 21.9. The van der Waals surface area contributed by atoms with Crippen molar-refractivity contribution in [2.75, 3.05) is 31.2 Å². The molecular formula is C27H26N6O2S. The van der Waals surface area contributed by atoms with Gasteiger partial charge in [0.2, 0.25) is 0 Å². The van der Waals surface area contributed by atoms with Crippen LogP contribution in [-0.2, 0) is 11.3 Å². The van der Waals surface area contributed by atoms with Crippen molar-refractivity contribution in [3.8, 4) is 0 Å². The first kappa shape index (κ1) is 22.6. The molecule has 0 saturated carbocycles. The minimum absolute atomic E-state index is 0.00499. The second-order valence-corrected chi connectivity index (χ2v) is 9.94. The molecule has 1 amide bonds. The van der Waals surface area contributed by atoms with E-state index in [2.05, 4.69) is 22.0 Å². The van der Waals surface area contributed by atoms with E-state index in [0.29, 0.717) is 36.7 Å². The molecule has 1 fully saturated rings. The number of para-hydroxylation sites is 1. The van der Waals surface area contributed by atoms with E-state index in [0.717, 1.165) is 30.0 Å². The standard InChI is InChI=1S/C27H26N6O2S/c34-25-17-21(28-27-32(25)15-16-36-27)19-30-11-13-31(14-12-30)26(35)23-18-24(20-7-3-1-4-8-20)33(29-23)22-9-5-2-6-10-22/h1-10,15-17,24H,11-14,18-19H2. The first-order valence-corrected chi connectivity index (χ1v) is 13.0. The van der Waals surface area contributed by atoms with Crippen LogP contribution in [0.4, 0.5) is 5.69 Å². The van der Waals surface area contributed by atoms with Gasteiger partial charge in [0.15, 0.2) is 4.96 Å². The Bertz CT molecular complexity index is 1460. The third-order valence-electron chi connectivity index (χ3n) is 6.76. The third kappa shape index (κ3) is 4.43. The number of hydrogen-bond acceptors (Lipinski definition) is 7. The molecule has 6 rings (SSSR count). The Kier molecular flexibility index (Phi) is 6.08. The lowest BCUT2D eigenvalue weighted by Gasteiger charge is -2.34. The number of nitrogens with zero attached hydrogens (tertiary/aromatic N) is 6. The lowest BCUT2D eigenvalue weighted by atomic mass is 10.0. The van der Waals surface area contributed by atoms with Crippen LogP contribution in [0.1, 0.15) is 23.7 Å². The highest BCUT2D eigenvalue weighted by molar-refractivity contribution is 7.15. The van der Waals surface area contributed by atoms with Crippen LogP contribution in [0, 0.1) is 0 Å². The Hall–Kier alpha value is -3.82. The summed E-state index contributed by atoms with van der Waals surface area (Å²) in [7, 11) is 0. The van der Waals surface area contributed by atoms with Crippen LogP contribution in [0.15, 0.2) is 88.2 Å². The molecule has 8 nitrogen and oxygen atoms in total. The third-order valence-corrected chi connectivity index (χ3v) is 7.52. The molecule has 4 heterocycles. The molecule has 1 saturated heterocycles. The van der Waals surface area contributed by atoms with Crippen LogP contribution in [0.25, 0.3) is 4.96 Å². The van der Waals surface area contributed by atoms with E-state index in [1.807, 2.05) is 63.8 Å². The summed E-state index contributed by atoms with van der Waals surface area (Å²) >= 11 is 1.46. The van der Waals surface area contributed by atoms with Gasteiger partial charge in [0, 0.05) is 56.8 Å². The molecule has 182 valence electrons. The number of rotatable bonds is 5. The van der Waals surface area contributed by atoms with Crippen LogP contribution in [0.3, 0.4) is 0 Å². The second-order valence-electron chi connectivity index (χ2n) is 9.07. The molecule has 36 heavy (non-hydrogen) atoms. The molecule has 0 aliphatic carbocycles. The summed E-state index contributed by atoms with van der Waals surface area (Å²) in [5.74, 6) is 0.00499. The monoisotopic (exact) mass is 498 g/mol. The van der Waals surface area contributed by atoms with Crippen molar-refractivity contribution in [1.82, 2.24) is 19.2 Å². The molecule has 2 aromatic heterocycles. The molecule has 1 unspecified atom stereocenters. The van der Waals surface area contributed by atoms with E-state index in [-0.39, 0.29) is 17.5 Å². The largest absolute Gasteiger partial charge is 0.335 e. The maximum atomic E-state index is 13.5. The second kappa shape index (κ2) is 9.67. The van der Waals surface area contributed by atoms with Gasteiger partial charge in [-0.2, -0.15) is 5.10 Å². The number of carbonyl (C=O) groups excluding carboxylic acids is 1. The fourth-order valence-corrected chi connectivity index (χ4v) is 5.62. The van der Waals surface area contributed by atoms with Crippen molar-refractivity contribution in [3.05, 3.63) is 99.9 Å². The van der Waals surface area contributed by atoms with Crippen LogP contribution in [-0.4, -0.2) is 57.0 Å². The van der Waals surface area contributed by atoms with Gasteiger partial charge in [-0.05, 0) is 17.7 Å². The molecule has 2 aliphatic heterocycles. The molecule has 0 N–H and O–H groups in total. The Morgan fingerprint density at radius 3 is 2.44 bits per heavy atom. The van der Waals surface area contributed by atoms with Gasteiger partial charge in [0.05, 0.1) is 17.4 Å². The minimum atomic E-state index is -0.0553. The van der Waals surface area contributed by atoms with Crippen LogP contribution in [0.5, 0.6) is 0 Å². The molecule has 2 aromatic carbocycles. The maximum Gasteiger partial charge on any atom is 0.270 e. The number of carbonyl (C=O) groups is 1. The zero-order valence-electron chi connectivity index (χ0n) is 19.7. The highest BCUT2D eigenvalue weighted by atomic mass is 32.1. The molecule has 1 atom stereocenters. The van der Waals surface area contributed by atoms with Gasteiger partial charge in [-0.1, -0.05) is 48.5 Å². The molecule has 0 bridgehead atoms. The summed E-state index contributed by atoms with van der Waals surface area (Å²) < 4.78 is 1.56. The van der Waals surface area contributed by atoms with Crippen molar-refractivity contribution in [2.24, 2.45) is 5.10 Å². The topological polar surface area (TPSA) is 73.5 Å². The maximum absolute atomic E-state index is 13.5. The first-order valence-electron chi connectivity index (χ1n) is 12.1. The molecule has 0 radical (unpaired) electrons. The highest BCUT2D eigenvalue weighted by Crippen LogP contribution is 2.35. The van der Waals surface area contributed by atoms with Gasteiger partial charge in [-0.25, -0.2) is 4.98 Å². The van der Waals surface area contributed by atoms with E-state index < -0.39 is 0 Å². The Labute approximate surface area is 212 Å². The molecular weight excluding hydrogens is 472 g/mol. The lowest BCUT2D eigenvalue weighted by molar-refractivity contribution is -0.125. The van der Waals surface area contributed by atoms with Gasteiger partial charge < -0.3 is 4.90 Å². The number of amides is 1. The summed E-state index contributed by atoms with van der Waals surface area (Å²) in [6.07, 6.45) is 2.32. The fraction of sp³-hybridized carbons (Fsp3) is 0.259. The fourth-order valence-electron chi connectivity index (χ4n) is 4.88. The number of hydrogen-bond donors (Lipinski definition) is 0. The number of anilines is 1. The molecule has 4 aromatic rings. The van der Waals surface area contributed by atoms with Crippen molar-refractivity contribution in [1.29, 1.82) is 0 Å². The first-order chi connectivity index (χ1) is 17.7. The predicted octanol–water partition coefficient (Wildman–Crippen LogP) is 3.41. The highest BCUT2D eigenvalue weighted by Gasteiger charge is 2.35. The Morgan fingerprint density at radius 1 is 0.972 bits per heavy atom. The van der Waals surface area contributed by atoms with E-state index >= 15 is 0 Å². The van der Waals surface area contributed by atoms with Gasteiger partial charge in [0.25, 0.3) is 11.5 Å². The van der Waals surface area contributed by atoms with E-state index in [9.17, 15) is 9.59 Å². The summed E-state index contributed by atoms with van der Waals surface area (Å²) in [6.45, 7) is 3.31. The Balaban J connectivity index is 1.14. The van der Waals surface area contributed by atoms with Gasteiger partial charge in [-0.3, -0.25) is 23.9 Å². The zero-order valence-corrected chi connectivity index (χ0v) is 20.6. The van der Waals surface area contributed by atoms with E-state index in [4.69, 9.17) is 5.10 Å². The van der Waals surface area contributed by atoms with Gasteiger partial charge in [0.1, 0.15) is 5.71 Å². The number of benzene rings is 2. The van der Waals surface area contributed by atoms with Crippen molar-refractivity contribution in [2.45, 2.75) is 19.0 Å². The predicted molar refractivity (Wildman–Crippen MR) is 141 cm³/mol. The van der Waals surface area contributed by atoms with Gasteiger partial charge in [-0.15, -0.1) is 11.3 Å². The number of fused-ring (bicyclic) bond motifs is 1. The van der Waals surface area contributed by atoms with Crippen molar-refractivity contribution in [3.63, 3.8) is 0 Å². The van der Waals surface area contributed by atoms with E-state index in [1.54, 1.807) is 16.7 Å². The van der Waals surface area contributed by atoms with Crippen molar-refractivity contribution >= 4 is 33.6 Å². The molecule has 9 heteroatoms. The average molecular weight is 499 g/mol.